The van der Waals surface area contributed by atoms with Gasteiger partial charge < -0.3 is 9.32 Å². The summed E-state index contributed by atoms with van der Waals surface area (Å²) in [6.07, 6.45) is 4.10. The number of hydrogen-bond donors (Lipinski definition) is 0. The molecular weight excluding hydrogens is 375 g/mol. The van der Waals surface area contributed by atoms with E-state index in [0.29, 0.717) is 15.8 Å². The Kier molecular flexibility index (Phi) is 4.57. The molecule has 0 radical (unpaired) electrons. The van der Waals surface area contributed by atoms with Crippen molar-refractivity contribution in [2.24, 2.45) is 4.99 Å². The van der Waals surface area contributed by atoms with Gasteiger partial charge in [0.1, 0.15) is 5.76 Å². The highest BCUT2D eigenvalue weighted by molar-refractivity contribution is 9.10. The molecule has 0 unspecified atom stereocenters. The Morgan fingerprint density at radius 3 is 2.62 bits per heavy atom. The smallest absolute Gasteiger partial charge is 0.210 e. The number of anilines is 1. The quantitative estimate of drug-likeness (QED) is 0.632. The Labute approximate surface area is 141 Å². The van der Waals surface area contributed by atoms with Gasteiger partial charge in [-0.1, -0.05) is 23.2 Å². The van der Waals surface area contributed by atoms with Crippen LogP contribution >= 0.6 is 39.1 Å². The lowest BCUT2D eigenvalue weighted by Crippen LogP contribution is -2.17. The van der Waals surface area contributed by atoms with Crippen LogP contribution in [0.5, 0.6) is 0 Å². The fourth-order valence-corrected chi connectivity index (χ4v) is 3.13. The maximum Gasteiger partial charge on any atom is 0.210 e. The molecule has 0 N–H and O–H groups in total. The van der Waals surface area contributed by atoms with Crippen LogP contribution in [-0.2, 0) is 0 Å². The largest absolute Gasteiger partial charge is 0.438 e. The number of rotatable bonds is 3. The Bertz CT molecular complexity index is 678. The fraction of sp³-hybridized carbons (Fsp3) is 0.267. The molecule has 21 heavy (non-hydrogen) atoms. The predicted molar refractivity (Wildman–Crippen MR) is 91.6 cm³/mol. The molecule has 1 aliphatic rings. The van der Waals surface area contributed by atoms with E-state index in [1.807, 2.05) is 12.1 Å². The van der Waals surface area contributed by atoms with Crippen molar-refractivity contribution in [1.82, 2.24) is 0 Å². The monoisotopic (exact) mass is 386 g/mol. The molecule has 2 aromatic rings. The van der Waals surface area contributed by atoms with E-state index in [1.165, 1.54) is 12.8 Å². The van der Waals surface area contributed by atoms with Crippen LogP contribution in [0.4, 0.5) is 11.6 Å². The molecule has 1 aromatic heterocycles. The maximum absolute atomic E-state index is 5.97. The molecule has 110 valence electrons. The van der Waals surface area contributed by atoms with E-state index >= 15 is 0 Å². The van der Waals surface area contributed by atoms with E-state index in [4.69, 9.17) is 27.6 Å². The minimum Gasteiger partial charge on any atom is -0.438 e. The molecule has 3 rings (SSSR count). The number of hydrogen-bond acceptors (Lipinski definition) is 3. The van der Waals surface area contributed by atoms with Gasteiger partial charge in [-0.3, -0.25) is 4.99 Å². The normalized spacial score (nSPS) is 15.3. The number of furan rings is 1. The Morgan fingerprint density at radius 1 is 1.14 bits per heavy atom. The van der Waals surface area contributed by atoms with E-state index in [0.717, 1.165) is 29.1 Å². The van der Waals surface area contributed by atoms with Gasteiger partial charge in [0.05, 0.1) is 26.4 Å². The summed E-state index contributed by atoms with van der Waals surface area (Å²) in [6.45, 7) is 2.07. The van der Waals surface area contributed by atoms with E-state index in [2.05, 4.69) is 25.8 Å². The zero-order valence-corrected chi connectivity index (χ0v) is 14.2. The second-order valence-corrected chi connectivity index (χ2v) is 6.52. The van der Waals surface area contributed by atoms with Gasteiger partial charge in [0.15, 0.2) is 0 Å². The van der Waals surface area contributed by atoms with Crippen molar-refractivity contribution < 1.29 is 4.42 Å². The van der Waals surface area contributed by atoms with E-state index in [1.54, 1.807) is 18.3 Å². The summed E-state index contributed by atoms with van der Waals surface area (Å²) in [5.41, 5.74) is 0.736. The molecular formula is C15H13BrCl2N2O. The molecule has 0 spiro atoms. The van der Waals surface area contributed by atoms with Crippen LogP contribution in [-0.4, -0.2) is 19.3 Å². The molecule has 0 bridgehead atoms. The van der Waals surface area contributed by atoms with E-state index in [9.17, 15) is 0 Å². The predicted octanol–water partition coefficient (Wildman–Crippen LogP) is 5.70. The first-order chi connectivity index (χ1) is 10.1. The van der Waals surface area contributed by atoms with Crippen LogP contribution in [0.1, 0.15) is 18.6 Å². The zero-order chi connectivity index (χ0) is 14.8. The average Bonchev–Trinajstić information content (AvgIpc) is 3.09. The molecule has 2 heterocycles. The van der Waals surface area contributed by atoms with Gasteiger partial charge in [0.25, 0.3) is 0 Å². The van der Waals surface area contributed by atoms with Gasteiger partial charge in [-0.2, -0.15) is 0 Å². The van der Waals surface area contributed by atoms with Crippen molar-refractivity contribution in [2.75, 3.05) is 18.0 Å². The third kappa shape index (κ3) is 3.44. The van der Waals surface area contributed by atoms with Gasteiger partial charge in [0, 0.05) is 19.2 Å². The van der Waals surface area contributed by atoms with Crippen molar-refractivity contribution in [1.29, 1.82) is 0 Å². The van der Waals surface area contributed by atoms with Crippen LogP contribution in [0, 0.1) is 0 Å². The first-order valence-electron chi connectivity index (χ1n) is 6.67. The highest BCUT2D eigenvalue weighted by Crippen LogP contribution is 2.32. The number of aliphatic imine (C=N–C) groups is 1. The third-order valence-electron chi connectivity index (χ3n) is 3.33. The minimum atomic E-state index is 0.490. The van der Waals surface area contributed by atoms with Gasteiger partial charge in [-0.25, -0.2) is 0 Å². The van der Waals surface area contributed by atoms with E-state index < -0.39 is 0 Å². The molecule has 0 aliphatic carbocycles. The third-order valence-corrected chi connectivity index (χ3v) is 4.63. The molecule has 0 saturated carbocycles. The summed E-state index contributed by atoms with van der Waals surface area (Å²) in [7, 11) is 0. The number of halogens is 3. The second kappa shape index (κ2) is 6.42. The van der Waals surface area contributed by atoms with Gasteiger partial charge in [0.2, 0.25) is 5.88 Å². The van der Waals surface area contributed by atoms with Crippen molar-refractivity contribution in [3.63, 3.8) is 0 Å². The zero-order valence-electron chi connectivity index (χ0n) is 11.2. The second-order valence-electron chi connectivity index (χ2n) is 4.85. The number of nitrogens with zero attached hydrogens (tertiary/aromatic N) is 2. The highest BCUT2D eigenvalue weighted by atomic mass is 79.9. The summed E-state index contributed by atoms with van der Waals surface area (Å²) >= 11 is 15.4. The highest BCUT2D eigenvalue weighted by Gasteiger charge is 2.19. The maximum atomic E-state index is 5.97. The molecule has 0 atom stereocenters. The lowest BCUT2D eigenvalue weighted by Gasteiger charge is -2.13. The van der Waals surface area contributed by atoms with Crippen LogP contribution in [0.15, 0.2) is 38.1 Å². The first kappa shape index (κ1) is 14.9. The minimum absolute atomic E-state index is 0.490. The summed E-state index contributed by atoms with van der Waals surface area (Å²) in [5, 5.41) is 1.01. The summed E-state index contributed by atoms with van der Waals surface area (Å²) in [6, 6.07) is 7.18. The van der Waals surface area contributed by atoms with Gasteiger partial charge >= 0.3 is 0 Å². The summed E-state index contributed by atoms with van der Waals surface area (Å²) in [4.78, 5) is 6.59. The molecule has 1 aromatic carbocycles. The lowest BCUT2D eigenvalue weighted by atomic mass is 10.3. The molecule has 1 aliphatic heterocycles. The topological polar surface area (TPSA) is 28.7 Å². The molecule has 1 fully saturated rings. The molecule has 1 saturated heterocycles. The Morgan fingerprint density at radius 2 is 1.90 bits per heavy atom. The van der Waals surface area contributed by atoms with Crippen LogP contribution < -0.4 is 4.90 Å². The molecule has 3 nitrogen and oxygen atoms in total. The molecule has 0 amide bonds. The van der Waals surface area contributed by atoms with Crippen LogP contribution in [0.25, 0.3) is 0 Å². The fourth-order valence-electron chi connectivity index (χ4n) is 2.28. The summed E-state index contributed by atoms with van der Waals surface area (Å²) in [5.74, 6) is 1.58. The lowest BCUT2D eigenvalue weighted by molar-refractivity contribution is 0.549. The molecule has 6 heteroatoms. The van der Waals surface area contributed by atoms with E-state index in [-0.39, 0.29) is 0 Å². The van der Waals surface area contributed by atoms with Gasteiger partial charge in [-0.15, -0.1) is 0 Å². The van der Waals surface area contributed by atoms with Crippen LogP contribution in [0.2, 0.25) is 10.0 Å². The first-order valence-corrected chi connectivity index (χ1v) is 8.22. The Balaban J connectivity index is 1.79. The standard InChI is InChI=1S/C15H13BrCl2N2O/c16-12-8-11(21-15(12)20-5-1-2-6-20)9-19-10-3-4-13(17)14(18)7-10/h3-4,7-9H,1-2,5-6H2. The van der Waals surface area contributed by atoms with Crippen molar-refractivity contribution in [3.05, 3.63) is 44.5 Å². The van der Waals surface area contributed by atoms with Crippen LogP contribution in [0.3, 0.4) is 0 Å². The SMILES string of the molecule is Clc1ccc(N=Cc2cc(Br)c(N3CCCC3)o2)cc1Cl. The summed E-state index contributed by atoms with van der Waals surface area (Å²) < 4.78 is 6.80. The van der Waals surface area contributed by atoms with Gasteiger partial charge in [-0.05, 0) is 47.0 Å². The Hall–Kier alpha value is -0.970. The van der Waals surface area contributed by atoms with Crippen molar-refractivity contribution >= 4 is 56.9 Å². The number of benzene rings is 1. The average molecular weight is 388 g/mol. The van der Waals surface area contributed by atoms with Crippen molar-refractivity contribution in [2.45, 2.75) is 12.8 Å². The van der Waals surface area contributed by atoms with Crippen molar-refractivity contribution in [3.8, 4) is 0 Å².